The highest BCUT2D eigenvalue weighted by molar-refractivity contribution is 14.0. The summed E-state index contributed by atoms with van der Waals surface area (Å²) >= 11 is 0. The normalized spacial score (nSPS) is 21.0. The van der Waals surface area contributed by atoms with Crippen LogP contribution in [0.15, 0.2) is 4.99 Å². The largest absolute Gasteiger partial charge is 0.380 e. The first-order valence-electron chi connectivity index (χ1n) is 10.7. The van der Waals surface area contributed by atoms with Crippen LogP contribution in [-0.2, 0) is 9.53 Å². The first-order chi connectivity index (χ1) is 12.7. The van der Waals surface area contributed by atoms with Gasteiger partial charge in [0, 0.05) is 38.2 Å². The van der Waals surface area contributed by atoms with Crippen molar-refractivity contribution in [3.8, 4) is 0 Å². The fraction of sp³-hybridized carbons (Fsp3) is 0.900. The summed E-state index contributed by atoms with van der Waals surface area (Å²) in [4.78, 5) is 19.4. The number of halogens is 1. The highest BCUT2D eigenvalue weighted by Crippen LogP contribution is 2.26. The molecule has 0 aromatic heterocycles. The quantitative estimate of drug-likeness (QED) is 0.224. The van der Waals surface area contributed by atoms with Crippen LogP contribution in [0.1, 0.15) is 65.2 Å². The van der Waals surface area contributed by atoms with Crippen molar-refractivity contribution in [1.82, 2.24) is 15.5 Å². The van der Waals surface area contributed by atoms with Crippen LogP contribution in [0.4, 0.5) is 0 Å². The van der Waals surface area contributed by atoms with Gasteiger partial charge in [-0.2, -0.15) is 0 Å². The first kappa shape index (κ1) is 24.5. The van der Waals surface area contributed by atoms with Gasteiger partial charge < -0.3 is 20.3 Å². The predicted molar refractivity (Wildman–Crippen MR) is 122 cm³/mol. The molecule has 0 aromatic rings. The van der Waals surface area contributed by atoms with Gasteiger partial charge in [0.15, 0.2) is 5.96 Å². The Bertz CT molecular complexity index is 442. The Balaban J connectivity index is 0.00000364. The summed E-state index contributed by atoms with van der Waals surface area (Å²) in [6.45, 7) is 8.88. The van der Waals surface area contributed by atoms with E-state index in [-0.39, 0.29) is 29.9 Å². The van der Waals surface area contributed by atoms with Gasteiger partial charge in [-0.05, 0) is 32.6 Å². The van der Waals surface area contributed by atoms with Crippen molar-refractivity contribution < 1.29 is 9.53 Å². The van der Waals surface area contributed by atoms with Gasteiger partial charge in [0.05, 0.1) is 13.2 Å². The fourth-order valence-corrected chi connectivity index (χ4v) is 3.77. The highest BCUT2D eigenvalue weighted by atomic mass is 127. The second-order valence-corrected chi connectivity index (χ2v) is 7.48. The van der Waals surface area contributed by atoms with Crippen molar-refractivity contribution in [1.29, 1.82) is 0 Å². The number of amides is 1. The molecule has 1 heterocycles. The van der Waals surface area contributed by atoms with E-state index in [1.54, 1.807) is 0 Å². The van der Waals surface area contributed by atoms with Gasteiger partial charge in [-0.25, -0.2) is 0 Å². The second kappa shape index (κ2) is 14.4. The molecule has 1 aliphatic heterocycles. The molecule has 0 spiro atoms. The topological polar surface area (TPSA) is 66.0 Å². The zero-order valence-electron chi connectivity index (χ0n) is 17.2. The lowest BCUT2D eigenvalue weighted by atomic mass is 9.88. The molecular formula is C20H39IN4O2. The van der Waals surface area contributed by atoms with Crippen molar-refractivity contribution in [3.63, 3.8) is 0 Å². The Hall–Kier alpha value is -0.570. The van der Waals surface area contributed by atoms with Crippen molar-refractivity contribution in [2.45, 2.75) is 71.3 Å². The number of hydrogen-bond acceptors (Lipinski definition) is 3. The van der Waals surface area contributed by atoms with Crippen LogP contribution in [0, 0.1) is 5.92 Å². The van der Waals surface area contributed by atoms with Gasteiger partial charge in [-0.15, -0.1) is 24.0 Å². The molecule has 2 rings (SSSR count). The smallest absolute Gasteiger partial charge is 0.225 e. The average Bonchev–Trinajstić information content (AvgIpc) is 3.13. The summed E-state index contributed by atoms with van der Waals surface area (Å²) < 4.78 is 5.57. The summed E-state index contributed by atoms with van der Waals surface area (Å²) in [6, 6.07) is 0.293. The van der Waals surface area contributed by atoms with Gasteiger partial charge in [-0.1, -0.05) is 32.6 Å². The molecule has 158 valence electrons. The van der Waals surface area contributed by atoms with Gasteiger partial charge in [0.25, 0.3) is 0 Å². The van der Waals surface area contributed by atoms with E-state index in [4.69, 9.17) is 4.74 Å². The van der Waals surface area contributed by atoms with Gasteiger partial charge in [0.1, 0.15) is 0 Å². The lowest BCUT2D eigenvalue weighted by Gasteiger charge is -2.26. The number of nitrogens with one attached hydrogen (secondary N) is 2. The molecule has 1 unspecified atom stereocenters. The maximum atomic E-state index is 12.7. The number of guanidine groups is 1. The zero-order valence-corrected chi connectivity index (χ0v) is 19.5. The molecule has 1 aliphatic carbocycles. The highest BCUT2D eigenvalue weighted by Gasteiger charge is 2.31. The Labute approximate surface area is 182 Å². The molecule has 27 heavy (non-hydrogen) atoms. The third kappa shape index (κ3) is 8.98. The summed E-state index contributed by atoms with van der Waals surface area (Å²) in [7, 11) is 0. The fourth-order valence-electron chi connectivity index (χ4n) is 3.77. The third-order valence-electron chi connectivity index (χ3n) is 5.29. The van der Waals surface area contributed by atoms with Gasteiger partial charge in [-0.3, -0.25) is 9.79 Å². The number of rotatable bonds is 9. The minimum absolute atomic E-state index is 0. The third-order valence-corrected chi connectivity index (χ3v) is 5.29. The number of nitrogens with zero attached hydrogens (tertiary/aromatic N) is 2. The first-order valence-corrected chi connectivity index (χ1v) is 10.7. The van der Waals surface area contributed by atoms with Crippen molar-refractivity contribution in [2.75, 3.05) is 39.4 Å². The summed E-state index contributed by atoms with van der Waals surface area (Å²) in [5, 5.41) is 6.80. The SMILES string of the molecule is CCCCOCCN=C(NCC)NC1CCN(C(=O)C2CCCCC2)C1.I. The number of carbonyl (C=O) groups is 1. The van der Waals surface area contributed by atoms with E-state index >= 15 is 0 Å². The van der Waals surface area contributed by atoms with Crippen LogP contribution in [0.25, 0.3) is 0 Å². The molecule has 1 saturated carbocycles. The van der Waals surface area contributed by atoms with E-state index in [2.05, 4.69) is 34.4 Å². The van der Waals surface area contributed by atoms with E-state index in [1.165, 1.54) is 19.3 Å². The number of likely N-dealkylation sites (tertiary alicyclic amines) is 1. The standard InChI is InChI=1S/C20H38N4O2.HI/c1-3-5-14-26-15-12-22-20(21-4-2)23-18-11-13-24(16-18)19(25)17-9-7-6-8-10-17;/h17-18H,3-16H2,1-2H3,(H2,21,22,23);1H. The minimum Gasteiger partial charge on any atom is -0.380 e. The molecule has 2 fully saturated rings. The minimum atomic E-state index is 0. The van der Waals surface area contributed by atoms with Crippen LogP contribution < -0.4 is 10.6 Å². The number of aliphatic imine (C=N–C) groups is 1. The molecule has 2 aliphatic rings. The maximum absolute atomic E-state index is 12.7. The Morgan fingerprint density at radius 3 is 2.63 bits per heavy atom. The molecule has 1 amide bonds. The molecular weight excluding hydrogens is 455 g/mol. The van der Waals surface area contributed by atoms with E-state index in [9.17, 15) is 4.79 Å². The molecule has 0 aromatic carbocycles. The van der Waals surface area contributed by atoms with E-state index in [1.807, 2.05) is 0 Å². The predicted octanol–water partition coefficient (Wildman–Crippen LogP) is 3.16. The molecule has 0 radical (unpaired) electrons. The van der Waals surface area contributed by atoms with E-state index in [0.29, 0.717) is 25.1 Å². The van der Waals surface area contributed by atoms with Crippen LogP contribution in [0.3, 0.4) is 0 Å². The second-order valence-electron chi connectivity index (χ2n) is 7.48. The monoisotopic (exact) mass is 494 g/mol. The number of unbranched alkanes of at least 4 members (excludes halogenated alkanes) is 1. The Kier molecular flexibility index (Phi) is 13.1. The maximum Gasteiger partial charge on any atom is 0.225 e. The van der Waals surface area contributed by atoms with Crippen LogP contribution >= 0.6 is 24.0 Å². The van der Waals surface area contributed by atoms with Crippen molar-refractivity contribution in [3.05, 3.63) is 0 Å². The van der Waals surface area contributed by atoms with Gasteiger partial charge >= 0.3 is 0 Å². The van der Waals surface area contributed by atoms with E-state index in [0.717, 1.165) is 64.3 Å². The molecule has 1 atom stereocenters. The molecule has 7 heteroatoms. The lowest BCUT2D eigenvalue weighted by Crippen LogP contribution is -2.45. The van der Waals surface area contributed by atoms with Crippen LogP contribution in [-0.4, -0.2) is 62.2 Å². The summed E-state index contributed by atoms with van der Waals surface area (Å²) in [5.74, 6) is 1.48. The lowest BCUT2D eigenvalue weighted by molar-refractivity contribution is -0.135. The van der Waals surface area contributed by atoms with Crippen LogP contribution in [0.2, 0.25) is 0 Å². The average molecular weight is 494 g/mol. The molecule has 0 bridgehead atoms. The van der Waals surface area contributed by atoms with Crippen molar-refractivity contribution >= 4 is 35.8 Å². The molecule has 2 N–H and O–H groups in total. The number of ether oxygens (including phenoxy) is 1. The number of carbonyl (C=O) groups excluding carboxylic acids is 1. The van der Waals surface area contributed by atoms with Gasteiger partial charge in [0.2, 0.25) is 5.91 Å². The molecule has 1 saturated heterocycles. The summed E-state index contributed by atoms with van der Waals surface area (Å²) in [5.41, 5.74) is 0. The van der Waals surface area contributed by atoms with E-state index < -0.39 is 0 Å². The molecule has 6 nitrogen and oxygen atoms in total. The zero-order chi connectivity index (χ0) is 18.6. The number of hydrogen-bond donors (Lipinski definition) is 2. The van der Waals surface area contributed by atoms with Crippen molar-refractivity contribution in [2.24, 2.45) is 10.9 Å². The Morgan fingerprint density at radius 1 is 1.15 bits per heavy atom. The Morgan fingerprint density at radius 2 is 1.93 bits per heavy atom. The summed E-state index contributed by atoms with van der Waals surface area (Å²) in [6.07, 6.45) is 9.13. The van der Waals surface area contributed by atoms with Crippen LogP contribution in [0.5, 0.6) is 0 Å².